The molecule has 0 aliphatic carbocycles. The molecule has 1 fully saturated rings. The summed E-state index contributed by atoms with van der Waals surface area (Å²) in [7, 11) is 0. The molecular formula is C21H33N9O. The van der Waals surface area contributed by atoms with Crippen LogP contribution in [0.2, 0.25) is 0 Å². The monoisotopic (exact) mass is 427 g/mol. The number of piperazine rings is 1. The number of imidazole rings is 1. The van der Waals surface area contributed by atoms with E-state index >= 15 is 0 Å². The number of unbranched alkanes of at least 4 members (excludes halogenated alkanes) is 1. The van der Waals surface area contributed by atoms with E-state index in [0.29, 0.717) is 31.1 Å². The molecule has 0 amide bonds. The first-order valence-corrected chi connectivity index (χ1v) is 10.8. The lowest BCUT2D eigenvalue weighted by atomic mass is 10.2. The zero-order valence-electron chi connectivity index (χ0n) is 18.2. The second-order valence-corrected chi connectivity index (χ2v) is 7.67. The van der Waals surface area contributed by atoms with E-state index in [-0.39, 0.29) is 11.5 Å². The molecule has 10 heteroatoms. The summed E-state index contributed by atoms with van der Waals surface area (Å²) < 4.78 is 1.59. The van der Waals surface area contributed by atoms with Crippen LogP contribution in [-0.4, -0.2) is 77.8 Å². The quantitative estimate of drug-likeness (QED) is 0.253. The van der Waals surface area contributed by atoms with Crippen LogP contribution in [0.3, 0.4) is 0 Å². The first-order chi connectivity index (χ1) is 15.1. The van der Waals surface area contributed by atoms with Gasteiger partial charge in [0.15, 0.2) is 5.84 Å². The number of aromatic nitrogens is 3. The van der Waals surface area contributed by atoms with Gasteiger partial charge in [0, 0.05) is 52.0 Å². The van der Waals surface area contributed by atoms with E-state index < -0.39 is 0 Å². The van der Waals surface area contributed by atoms with Crippen molar-refractivity contribution in [2.24, 2.45) is 10.7 Å². The fraction of sp³-hybridized carbons (Fsp3) is 0.524. The topological polar surface area (TPSA) is 131 Å². The summed E-state index contributed by atoms with van der Waals surface area (Å²) in [6.07, 6.45) is 3.80. The minimum Gasteiger partial charge on any atom is -0.369 e. The lowest BCUT2D eigenvalue weighted by Gasteiger charge is -2.35. The SMILES string of the molecule is C=NC(=N)c1[nH]c(=O)n(Cc2ccc(N3CCN(CCN)CC3)nc2)c1NCCCC. The Bertz CT molecular complexity index is 923. The third kappa shape index (κ3) is 5.59. The summed E-state index contributed by atoms with van der Waals surface area (Å²) >= 11 is 0. The highest BCUT2D eigenvalue weighted by molar-refractivity contribution is 6.01. The molecule has 2 aromatic heterocycles. The maximum absolute atomic E-state index is 12.6. The number of aliphatic imine (C=N–C) groups is 1. The first kappa shape index (κ1) is 22.7. The summed E-state index contributed by atoms with van der Waals surface area (Å²) in [4.78, 5) is 28.3. The minimum atomic E-state index is -0.289. The van der Waals surface area contributed by atoms with Gasteiger partial charge < -0.3 is 20.9 Å². The van der Waals surface area contributed by atoms with Crippen molar-refractivity contribution >= 4 is 24.2 Å². The van der Waals surface area contributed by atoms with E-state index in [9.17, 15) is 4.79 Å². The smallest absolute Gasteiger partial charge is 0.328 e. The van der Waals surface area contributed by atoms with Gasteiger partial charge in [0.1, 0.15) is 17.3 Å². The van der Waals surface area contributed by atoms with Crippen molar-refractivity contribution in [2.45, 2.75) is 26.3 Å². The van der Waals surface area contributed by atoms with Crippen LogP contribution in [0.4, 0.5) is 11.6 Å². The van der Waals surface area contributed by atoms with E-state index in [2.05, 4.69) is 43.7 Å². The van der Waals surface area contributed by atoms with Crippen molar-refractivity contribution in [3.63, 3.8) is 0 Å². The lowest BCUT2D eigenvalue weighted by molar-refractivity contribution is 0.264. The predicted octanol–water partition coefficient (Wildman–Crippen LogP) is 0.938. The zero-order valence-corrected chi connectivity index (χ0v) is 18.2. The molecule has 2 aromatic rings. The molecule has 5 N–H and O–H groups in total. The fourth-order valence-electron chi connectivity index (χ4n) is 3.70. The summed E-state index contributed by atoms with van der Waals surface area (Å²) in [5, 5.41) is 11.3. The Balaban J connectivity index is 1.73. The van der Waals surface area contributed by atoms with Crippen LogP contribution in [0.1, 0.15) is 31.0 Å². The number of amidine groups is 1. The number of hydrogen-bond acceptors (Lipinski definition) is 7. The molecule has 1 saturated heterocycles. The second kappa shape index (κ2) is 10.9. The van der Waals surface area contributed by atoms with Crippen LogP contribution in [0.15, 0.2) is 28.1 Å². The molecular weight excluding hydrogens is 394 g/mol. The van der Waals surface area contributed by atoms with Crippen molar-refractivity contribution < 1.29 is 0 Å². The standard InChI is InChI=1S/C21H33N9O/c1-3-4-8-25-20-18(19(23)24-2)27-21(31)30(20)15-16-5-6-17(26-14-16)29-12-10-28(9-7-22)11-13-29/h5-6,14,23,25H,2-4,7-13,15,22H2,1H3,(H,27,31). The Morgan fingerprint density at radius 2 is 2.13 bits per heavy atom. The number of anilines is 2. The Morgan fingerprint density at radius 3 is 2.74 bits per heavy atom. The van der Waals surface area contributed by atoms with Gasteiger partial charge in [0.25, 0.3) is 0 Å². The molecule has 0 atom stereocenters. The minimum absolute atomic E-state index is 0.0582. The van der Waals surface area contributed by atoms with Gasteiger partial charge in [0.2, 0.25) is 0 Å². The van der Waals surface area contributed by atoms with E-state index in [0.717, 1.165) is 56.9 Å². The van der Waals surface area contributed by atoms with Gasteiger partial charge in [-0.05, 0) is 24.8 Å². The van der Waals surface area contributed by atoms with Gasteiger partial charge in [0.05, 0.1) is 6.54 Å². The van der Waals surface area contributed by atoms with Crippen molar-refractivity contribution in [2.75, 3.05) is 56.0 Å². The molecule has 0 unspecified atom stereocenters. The molecule has 3 heterocycles. The average Bonchev–Trinajstić information content (AvgIpc) is 3.10. The highest BCUT2D eigenvalue weighted by atomic mass is 16.1. The molecule has 0 radical (unpaired) electrons. The van der Waals surface area contributed by atoms with E-state index in [4.69, 9.17) is 11.1 Å². The molecule has 0 bridgehead atoms. The second-order valence-electron chi connectivity index (χ2n) is 7.67. The summed E-state index contributed by atoms with van der Waals surface area (Å²) in [6.45, 7) is 12.0. The number of pyridine rings is 1. The van der Waals surface area contributed by atoms with Crippen molar-refractivity contribution in [3.05, 3.63) is 40.1 Å². The molecule has 31 heavy (non-hydrogen) atoms. The van der Waals surface area contributed by atoms with Gasteiger partial charge >= 0.3 is 5.69 Å². The Hall–Kier alpha value is -2.98. The van der Waals surface area contributed by atoms with Crippen molar-refractivity contribution in [1.82, 2.24) is 19.4 Å². The maximum Gasteiger partial charge on any atom is 0.328 e. The normalized spacial score (nSPS) is 14.6. The first-order valence-electron chi connectivity index (χ1n) is 10.8. The van der Waals surface area contributed by atoms with Crippen LogP contribution in [0, 0.1) is 5.41 Å². The zero-order chi connectivity index (χ0) is 22.2. The molecule has 1 aliphatic heterocycles. The molecule has 0 saturated carbocycles. The molecule has 0 spiro atoms. The number of aromatic amines is 1. The van der Waals surface area contributed by atoms with Gasteiger partial charge in [-0.3, -0.25) is 14.9 Å². The van der Waals surface area contributed by atoms with E-state index in [1.165, 1.54) is 0 Å². The average molecular weight is 428 g/mol. The van der Waals surface area contributed by atoms with E-state index in [1.807, 2.05) is 18.3 Å². The fourth-order valence-corrected chi connectivity index (χ4v) is 3.70. The Kier molecular flexibility index (Phi) is 7.96. The van der Waals surface area contributed by atoms with Crippen LogP contribution in [0.25, 0.3) is 0 Å². The highest BCUT2D eigenvalue weighted by Crippen LogP contribution is 2.18. The third-order valence-corrected chi connectivity index (χ3v) is 5.49. The number of hydrogen-bond donors (Lipinski definition) is 4. The molecule has 168 valence electrons. The summed E-state index contributed by atoms with van der Waals surface area (Å²) in [6, 6.07) is 4.00. The molecule has 1 aliphatic rings. The number of nitrogens with one attached hydrogen (secondary N) is 3. The van der Waals surface area contributed by atoms with E-state index in [1.54, 1.807) is 4.57 Å². The summed E-state index contributed by atoms with van der Waals surface area (Å²) in [5.74, 6) is 1.45. The third-order valence-electron chi connectivity index (χ3n) is 5.49. The molecule has 3 rings (SSSR count). The Morgan fingerprint density at radius 1 is 1.35 bits per heavy atom. The van der Waals surface area contributed by atoms with Crippen LogP contribution in [0.5, 0.6) is 0 Å². The van der Waals surface area contributed by atoms with Crippen LogP contribution < -0.4 is 21.6 Å². The van der Waals surface area contributed by atoms with Gasteiger partial charge in [-0.25, -0.2) is 14.8 Å². The lowest BCUT2D eigenvalue weighted by Crippen LogP contribution is -2.48. The van der Waals surface area contributed by atoms with Gasteiger partial charge in [-0.1, -0.05) is 19.4 Å². The van der Waals surface area contributed by atoms with Crippen molar-refractivity contribution in [1.29, 1.82) is 5.41 Å². The number of nitrogens with two attached hydrogens (primary N) is 1. The Labute approximate surface area is 182 Å². The number of H-pyrrole nitrogens is 1. The number of nitrogens with zero attached hydrogens (tertiary/aromatic N) is 5. The van der Waals surface area contributed by atoms with Crippen LogP contribution >= 0.6 is 0 Å². The van der Waals surface area contributed by atoms with Crippen LogP contribution in [-0.2, 0) is 6.54 Å². The molecule has 0 aromatic carbocycles. The van der Waals surface area contributed by atoms with Gasteiger partial charge in [-0.2, -0.15) is 0 Å². The maximum atomic E-state index is 12.6. The summed E-state index contributed by atoms with van der Waals surface area (Å²) in [5.41, 5.74) is 6.63. The highest BCUT2D eigenvalue weighted by Gasteiger charge is 2.19. The largest absolute Gasteiger partial charge is 0.369 e. The van der Waals surface area contributed by atoms with Gasteiger partial charge in [-0.15, -0.1) is 0 Å². The predicted molar refractivity (Wildman–Crippen MR) is 126 cm³/mol. The van der Waals surface area contributed by atoms with Crippen molar-refractivity contribution in [3.8, 4) is 0 Å². The number of rotatable bonds is 10. The molecule has 10 nitrogen and oxygen atoms in total.